The van der Waals surface area contributed by atoms with Crippen LogP contribution in [0.1, 0.15) is 56.1 Å². The number of allylic oxidation sites excluding steroid dienone is 1. The lowest BCUT2D eigenvalue weighted by atomic mass is 9.50. The minimum Gasteiger partial charge on any atom is -0.508 e. The molecule has 3 heteroatoms. The van der Waals surface area contributed by atoms with Crippen LogP contribution in [0.25, 0.3) is 16.7 Å². The Labute approximate surface area is 172 Å². The van der Waals surface area contributed by atoms with Crippen LogP contribution in [-0.4, -0.2) is 16.2 Å². The maximum atomic E-state index is 10.9. The number of benzene rings is 2. The maximum Gasteiger partial charge on any atom is 0.328 e. The van der Waals surface area contributed by atoms with Gasteiger partial charge in [-0.05, 0) is 109 Å². The Morgan fingerprint density at radius 1 is 0.897 bits per heavy atom. The van der Waals surface area contributed by atoms with Gasteiger partial charge in [0.25, 0.3) is 0 Å². The minimum atomic E-state index is -0.926. The zero-order chi connectivity index (χ0) is 20.1. The van der Waals surface area contributed by atoms with Crippen molar-refractivity contribution in [3.63, 3.8) is 0 Å². The van der Waals surface area contributed by atoms with Gasteiger partial charge in [0, 0.05) is 6.08 Å². The van der Waals surface area contributed by atoms with Gasteiger partial charge >= 0.3 is 5.97 Å². The average Bonchev–Trinajstić information content (AvgIpc) is 2.68. The fourth-order valence-corrected chi connectivity index (χ4v) is 6.63. The third kappa shape index (κ3) is 3.37. The number of hydrogen-bond acceptors (Lipinski definition) is 2. The summed E-state index contributed by atoms with van der Waals surface area (Å²) in [5, 5.41) is 19.6. The third-order valence-electron chi connectivity index (χ3n) is 7.63. The number of phenols is 1. The largest absolute Gasteiger partial charge is 0.508 e. The molecule has 3 nitrogen and oxygen atoms in total. The lowest BCUT2D eigenvalue weighted by molar-refractivity contribution is -0.131. The summed E-state index contributed by atoms with van der Waals surface area (Å²) in [6.45, 7) is 1.81. The average molecular weight is 389 g/mol. The van der Waals surface area contributed by atoms with Crippen LogP contribution in [0.3, 0.4) is 0 Å². The van der Waals surface area contributed by atoms with Gasteiger partial charge < -0.3 is 10.2 Å². The fraction of sp³-hybridized carbons (Fsp3) is 0.423. The van der Waals surface area contributed by atoms with Gasteiger partial charge in [-0.25, -0.2) is 4.79 Å². The molecule has 2 N–H and O–H groups in total. The van der Waals surface area contributed by atoms with Crippen molar-refractivity contribution in [1.82, 2.24) is 0 Å². The van der Waals surface area contributed by atoms with E-state index in [0.717, 1.165) is 51.5 Å². The van der Waals surface area contributed by atoms with E-state index in [4.69, 9.17) is 5.11 Å². The molecule has 150 valence electrons. The fourth-order valence-electron chi connectivity index (χ4n) is 6.63. The second kappa shape index (κ2) is 7.05. The predicted octanol–water partition coefficient (Wildman–Crippen LogP) is 6.09. The molecule has 0 saturated heterocycles. The van der Waals surface area contributed by atoms with Crippen LogP contribution in [0.15, 0.2) is 48.5 Å². The van der Waals surface area contributed by atoms with Crippen LogP contribution in [-0.2, 0) is 4.79 Å². The van der Waals surface area contributed by atoms with Gasteiger partial charge in [-0.1, -0.05) is 30.3 Å². The Morgan fingerprint density at radius 3 is 2.07 bits per heavy atom. The van der Waals surface area contributed by atoms with Gasteiger partial charge in [0.1, 0.15) is 5.75 Å². The highest BCUT2D eigenvalue weighted by molar-refractivity contribution is 5.89. The number of carboxylic acid groups (broad SMARTS) is 1. The molecule has 4 saturated carbocycles. The summed E-state index contributed by atoms with van der Waals surface area (Å²) >= 11 is 0. The van der Waals surface area contributed by atoms with Gasteiger partial charge in [0.15, 0.2) is 0 Å². The molecule has 0 heterocycles. The van der Waals surface area contributed by atoms with Crippen molar-refractivity contribution >= 4 is 11.5 Å². The highest BCUT2D eigenvalue weighted by atomic mass is 16.4. The van der Waals surface area contributed by atoms with E-state index in [1.807, 2.05) is 43.3 Å². The first-order valence-electron chi connectivity index (χ1n) is 10.8. The molecule has 0 radical (unpaired) electrons. The van der Waals surface area contributed by atoms with E-state index in [9.17, 15) is 9.90 Å². The zero-order valence-electron chi connectivity index (χ0n) is 16.8. The van der Waals surface area contributed by atoms with Crippen molar-refractivity contribution in [3.8, 4) is 16.9 Å². The molecule has 0 amide bonds. The molecule has 2 aromatic carbocycles. The van der Waals surface area contributed by atoms with E-state index < -0.39 is 5.97 Å². The van der Waals surface area contributed by atoms with Crippen LogP contribution >= 0.6 is 0 Å². The SMILES string of the molecule is CC(=CC(=O)O)c1ccc(-c2ccc(O)c(C3C4CC5CC(C4)CC3C5)c2)cc1. The lowest BCUT2D eigenvalue weighted by Gasteiger charge is -2.54. The van der Waals surface area contributed by atoms with E-state index >= 15 is 0 Å². The molecule has 0 spiro atoms. The highest BCUT2D eigenvalue weighted by Crippen LogP contribution is 2.60. The molecule has 4 aliphatic rings. The molecule has 0 aromatic heterocycles. The van der Waals surface area contributed by atoms with E-state index in [1.54, 1.807) is 0 Å². The molecular weight excluding hydrogens is 360 g/mol. The summed E-state index contributed by atoms with van der Waals surface area (Å²) < 4.78 is 0. The van der Waals surface area contributed by atoms with E-state index in [1.165, 1.54) is 38.2 Å². The minimum absolute atomic E-state index is 0.447. The van der Waals surface area contributed by atoms with Crippen LogP contribution in [0.5, 0.6) is 5.75 Å². The number of carbonyl (C=O) groups is 1. The molecular formula is C26H28O3. The van der Waals surface area contributed by atoms with Crippen molar-refractivity contribution in [2.45, 2.75) is 44.9 Å². The standard InChI is InChI=1S/C26H28O3/c1-15(8-25(28)29)18-2-4-19(5-3-18)20-6-7-24(27)23(14-20)26-21-10-16-9-17(12-21)13-22(26)11-16/h2-8,14,16-17,21-22,26-27H,9-13H2,1H3,(H,28,29). The van der Waals surface area contributed by atoms with Crippen molar-refractivity contribution in [2.24, 2.45) is 23.7 Å². The van der Waals surface area contributed by atoms with Gasteiger partial charge in [-0.2, -0.15) is 0 Å². The quantitative estimate of drug-likeness (QED) is 0.623. The summed E-state index contributed by atoms with van der Waals surface area (Å²) in [7, 11) is 0. The Balaban J connectivity index is 1.45. The van der Waals surface area contributed by atoms with E-state index in [0.29, 0.717) is 11.7 Å². The summed E-state index contributed by atoms with van der Waals surface area (Å²) in [5.41, 5.74) is 5.02. The van der Waals surface area contributed by atoms with Crippen LogP contribution < -0.4 is 0 Å². The summed E-state index contributed by atoms with van der Waals surface area (Å²) in [6, 6.07) is 14.1. The van der Waals surface area contributed by atoms with E-state index in [-0.39, 0.29) is 0 Å². The molecule has 4 fully saturated rings. The first-order chi connectivity index (χ1) is 14.0. The molecule has 4 bridgehead atoms. The van der Waals surface area contributed by atoms with Crippen molar-refractivity contribution < 1.29 is 15.0 Å². The lowest BCUT2D eigenvalue weighted by Crippen LogP contribution is -2.43. The summed E-state index contributed by atoms with van der Waals surface area (Å²) in [4.78, 5) is 10.9. The Bertz CT molecular complexity index is 942. The summed E-state index contributed by atoms with van der Waals surface area (Å²) in [5.74, 6) is 3.34. The Kier molecular flexibility index (Phi) is 4.49. The number of aromatic hydroxyl groups is 1. The second-order valence-electron chi connectivity index (χ2n) is 9.47. The number of phenolic OH excluding ortho intramolecular Hbond substituents is 1. The third-order valence-corrected chi connectivity index (χ3v) is 7.63. The van der Waals surface area contributed by atoms with Gasteiger partial charge in [-0.3, -0.25) is 0 Å². The monoisotopic (exact) mass is 388 g/mol. The topological polar surface area (TPSA) is 57.5 Å². The van der Waals surface area contributed by atoms with Gasteiger partial charge in [0.05, 0.1) is 0 Å². The van der Waals surface area contributed by atoms with Crippen molar-refractivity contribution in [3.05, 3.63) is 59.7 Å². The Morgan fingerprint density at radius 2 is 1.48 bits per heavy atom. The molecule has 6 rings (SSSR count). The van der Waals surface area contributed by atoms with E-state index in [2.05, 4.69) is 6.07 Å². The van der Waals surface area contributed by atoms with Gasteiger partial charge in [-0.15, -0.1) is 0 Å². The first-order valence-corrected chi connectivity index (χ1v) is 10.8. The maximum absolute atomic E-state index is 10.9. The molecule has 29 heavy (non-hydrogen) atoms. The Hall–Kier alpha value is -2.55. The summed E-state index contributed by atoms with van der Waals surface area (Å²) in [6.07, 6.45) is 8.03. The van der Waals surface area contributed by atoms with Crippen LogP contribution in [0.2, 0.25) is 0 Å². The van der Waals surface area contributed by atoms with Crippen LogP contribution in [0, 0.1) is 23.7 Å². The smallest absolute Gasteiger partial charge is 0.328 e. The predicted molar refractivity (Wildman–Crippen MR) is 115 cm³/mol. The van der Waals surface area contributed by atoms with Crippen molar-refractivity contribution in [2.75, 3.05) is 0 Å². The first kappa shape index (κ1) is 18.5. The molecule has 0 unspecified atom stereocenters. The van der Waals surface area contributed by atoms with Gasteiger partial charge in [0.2, 0.25) is 0 Å². The van der Waals surface area contributed by atoms with Crippen molar-refractivity contribution in [1.29, 1.82) is 0 Å². The zero-order valence-corrected chi connectivity index (χ0v) is 16.8. The highest BCUT2D eigenvalue weighted by Gasteiger charge is 2.49. The molecule has 0 atom stereocenters. The molecule has 2 aromatic rings. The normalized spacial score (nSPS) is 30.5. The number of hydrogen-bond donors (Lipinski definition) is 2. The number of aliphatic carboxylic acids is 1. The number of rotatable bonds is 4. The van der Waals surface area contributed by atoms with Crippen LogP contribution in [0.4, 0.5) is 0 Å². The molecule has 4 aliphatic carbocycles. The second-order valence-corrected chi connectivity index (χ2v) is 9.47. The number of carboxylic acids is 1. The molecule has 0 aliphatic heterocycles.